The lowest BCUT2D eigenvalue weighted by molar-refractivity contribution is 1.07. The number of benzene rings is 3. The summed E-state index contributed by atoms with van der Waals surface area (Å²) < 4.78 is 0. The molecule has 150 valence electrons. The van der Waals surface area contributed by atoms with Crippen molar-refractivity contribution in [3.8, 4) is 22.3 Å². The fourth-order valence-electron chi connectivity index (χ4n) is 4.57. The van der Waals surface area contributed by atoms with Crippen LogP contribution >= 0.6 is 11.8 Å². The number of nitrogens with zero attached hydrogens (tertiary/aromatic N) is 2. The molecule has 1 N–H and O–H groups in total. The van der Waals surface area contributed by atoms with Crippen LogP contribution in [0.1, 0.15) is 5.69 Å². The number of pyridine rings is 1. The highest BCUT2D eigenvalue weighted by molar-refractivity contribution is 7.99. The van der Waals surface area contributed by atoms with Gasteiger partial charge in [0.2, 0.25) is 0 Å². The lowest BCUT2D eigenvalue weighted by Crippen LogP contribution is -2.32. The number of fused-ring (bicyclic) bond motifs is 9. The summed E-state index contributed by atoms with van der Waals surface area (Å²) in [6, 6.07) is 27.7. The lowest BCUT2D eigenvalue weighted by Gasteiger charge is -2.16. The Morgan fingerprint density at radius 2 is 1.62 bits per heavy atom. The van der Waals surface area contributed by atoms with Gasteiger partial charge in [-0.25, -0.2) is 9.98 Å². The van der Waals surface area contributed by atoms with E-state index < -0.39 is 0 Å². The van der Waals surface area contributed by atoms with Gasteiger partial charge >= 0.3 is 0 Å². The molecule has 0 amide bonds. The minimum atomic E-state index is 0.927. The molecule has 0 radical (unpaired) electrons. The maximum absolute atomic E-state index is 5.18. The zero-order valence-corrected chi connectivity index (χ0v) is 17.9. The van der Waals surface area contributed by atoms with Crippen molar-refractivity contribution < 1.29 is 0 Å². The van der Waals surface area contributed by atoms with E-state index in [9.17, 15) is 0 Å². The Balaban J connectivity index is 1.59. The standard InChI is InChI=1S/C28H17N3S/c1-6-17-16-18(7-1)32-26-15-5-14-25(30-26)24-13-4-12-23(29-24)22-11-3-10-21-20-9-2-8-19(17)27(20)31-28(21)22/h1-16,29H. The molecule has 32 heavy (non-hydrogen) atoms. The van der Waals surface area contributed by atoms with Gasteiger partial charge in [0.15, 0.2) is 0 Å². The molecule has 8 bridgehead atoms. The molecule has 0 atom stereocenters. The molecule has 0 unspecified atom stereocenters. The van der Waals surface area contributed by atoms with Crippen molar-refractivity contribution in [2.75, 3.05) is 0 Å². The zero-order valence-electron chi connectivity index (χ0n) is 17.0. The van der Waals surface area contributed by atoms with Gasteiger partial charge in [-0.2, -0.15) is 0 Å². The molecule has 0 fully saturated rings. The zero-order chi connectivity index (χ0) is 21.1. The van der Waals surface area contributed by atoms with E-state index in [0.717, 1.165) is 48.8 Å². The molecule has 4 heteroatoms. The normalized spacial score (nSPS) is 14.6. The van der Waals surface area contributed by atoms with Crippen LogP contribution in [0.25, 0.3) is 33.6 Å². The van der Waals surface area contributed by atoms with Crippen molar-refractivity contribution in [1.82, 2.24) is 10.3 Å². The van der Waals surface area contributed by atoms with Gasteiger partial charge in [-0.15, -0.1) is 0 Å². The summed E-state index contributed by atoms with van der Waals surface area (Å²) >= 11 is 1.68. The molecular weight excluding hydrogens is 410 g/mol. The van der Waals surface area contributed by atoms with Gasteiger partial charge in [0, 0.05) is 32.5 Å². The molecule has 1 aromatic heterocycles. The number of aromatic nitrogens is 1. The van der Waals surface area contributed by atoms with Crippen molar-refractivity contribution in [2.24, 2.45) is 4.99 Å². The summed E-state index contributed by atoms with van der Waals surface area (Å²) in [5.41, 5.74) is 8.68. The smallest absolute Gasteiger partial charge is 0.102 e. The quantitative estimate of drug-likeness (QED) is 0.357. The van der Waals surface area contributed by atoms with Crippen LogP contribution in [0.2, 0.25) is 0 Å². The SMILES string of the molecule is C1=CC2=c3cccc4c3=Nc3c(cccc3-4)-c3cccc(c3)Sc3cccc(n3)C(=C1)N2. The van der Waals surface area contributed by atoms with E-state index in [1.165, 1.54) is 16.7 Å². The predicted octanol–water partition coefficient (Wildman–Crippen LogP) is 5.45. The van der Waals surface area contributed by atoms with E-state index >= 15 is 0 Å². The van der Waals surface area contributed by atoms with E-state index in [1.54, 1.807) is 11.8 Å². The molecule has 0 aliphatic carbocycles. The summed E-state index contributed by atoms with van der Waals surface area (Å²) in [6.07, 6.45) is 6.27. The maximum atomic E-state index is 5.18. The van der Waals surface area contributed by atoms with E-state index in [1.807, 2.05) is 0 Å². The summed E-state index contributed by atoms with van der Waals surface area (Å²) in [6.45, 7) is 0. The Hall–Kier alpha value is -3.89. The first-order chi connectivity index (χ1) is 15.8. The lowest BCUT2D eigenvalue weighted by atomic mass is 9.97. The van der Waals surface area contributed by atoms with Crippen molar-refractivity contribution in [2.45, 2.75) is 9.92 Å². The predicted molar refractivity (Wildman–Crippen MR) is 130 cm³/mol. The highest BCUT2D eigenvalue weighted by atomic mass is 32.2. The maximum Gasteiger partial charge on any atom is 0.102 e. The number of hydrogen-bond donors (Lipinski definition) is 1. The van der Waals surface area contributed by atoms with Crippen LogP contribution in [0.15, 0.2) is 112 Å². The van der Waals surface area contributed by atoms with Gasteiger partial charge in [-0.1, -0.05) is 72.4 Å². The van der Waals surface area contributed by atoms with E-state index in [-0.39, 0.29) is 0 Å². The molecule has 4 heterocycles. The van der Waals surface area contributed by atoms with Crippen LogP contribution in [-0.2, 0) is 0 Å². The summed E-state index contributed by atoms with van der Waals surface area (Å²) in [7, 11) is 0. The molecular formula is C28H17N3S. The summed E-state index contributed by atoms with van der Waals surface area (Å²) in [4.78, 5) is 11.3. The van der Waals surface area contributed by atoms with Gasteiger partial charge in [-0.3, -0.25) is 0 Å². The second-order valence-electron chi connectivity index (χ2n) is 7.98. The van der Waals surface area contributed by atoms with Crippen LogP contribution in [-0.4, -0.2) is 4.98 Å². The number of nitrogens with one attached hydrogen (secondary N) is 1. The largest absolute Gasteiger partial charge is 0.353 e. The van der Waals surface area contributed by atoms with Crippen LogP contribution in [0.4, 0.5) is 5.69 Å². The first-order valence-corrected chi connectivity index (χ1v) is 11.4. The summed E-state index contributed by atoms with van der Waals surface area (Å²) in [5, 5.41) is 6.70. The molecule has 4 aromatic rings. The molecule has 3 aromatic carbocycles. The van der Waals surface area contributed by atoms with Crippen molar-refractivity contribution in [3.05, 3.63) is 113 Å². The Bertz CT molecular complexity index is 1630. The molecule has 3 nitrogen and oxygen atoms in total. The monoisotopic (exact) mass is 427 g/mol. The average molecular weight is 428 g/mol. The second kappa shape index (κ2) is 6.81. The number of hydrogen-bond acceptors (Lipinski definition) is 4. The van der Waals surface area contributed by atoms with Crippen LogP contribution < -0.4 is 15.9 Å². The highest BCUT2D eigenvalue weighted by Gasteiger charge is 2.20. The minimum absolute atomic E-state index is 0.927. The Kier molecular flexibility index (Phi) is 3.78. The number of para-hydroxylation sites is 2. The third kappa shape index (κ3) is 2.70. The van der Waals surface area contributed by atoms with Crippen LogP contribution in [0.3, 0.4) is 0 Å². The van der Waals surface area contributed by atoms with Crippen molar-refractivity contribution in [1.29, 1.82) is 0 Å². The molecule has 7 rings (SSSR count). The Morgan fingerprint density at radius 3 is 2.62 bits per heavy atom. The highest BCUT2D eigenvalue weighted by Crippen LogP contribution is 2.41. The fraction of sp³-hybridized carbons (Fsp3) is 0. The van der Waals surface area contributed by atoms with Gasteiger partial charge < -0.3 is 5.32 Å². The minimum Gasteiger partial charge on any atom is -0.353 e. The van der Waals surface area contributed by atoms with Crippen molar-refractivity contribution >= 4 is 28.8 Å². The van der Waals surface area contributed by atoms with E-state index in [0.29, 0.717) is 0 Å². The van der Waals surface area contributed by atoms with Crippen molar-refractivity contribution in [3.63, 3.8) is 0 Å². The molecule has 0 saturated heterocycles. The number of rotatable bonds is 0. The van der Waals surface area contributed by atoms with Crippen LogP contribution in [0.5, 0.6) is 0 Å². The topological polar surface area (TPSA) is 37.3 Å². The molecule has 0 spiro atoms. The first-order valence-electron chi connectivity index (χ1n) is 10.6. The van der Waals surface area contributed by atoms with Gasteiger partial charge in [0.05, 0.1) is 22.4 Å². The first kappa shape index (κ1) is 17.8. The second-order valence-corrected chi connectivity index (χ2v) is 9.08. The fourth-order valence-corrected chi connectivity index (χ4v) is 5.43. The summed E-state index contributed by atoms with van der Waals surface area (Å²) in [5.74, 6) is 0. The molecule has 3 aliphatic heterocycles. The van der Waals surface area contributed by atoms with Crippen LogP contribution in [0, 0.1) is 0 Å². The number of allylic oxidation sites excluding steroid dienone is 2. The van der Waals surface area contributed by atoms with E-state index in [4.69, 9.17) is 9.98 Å². The third-order valence-corrected chi connectivity index (χ3v) is 6.96. The third-order valence-electron chi connectivity index (χ3n) is 6.04. The Labute approximate surface area is 189 Å². The average Bonchev–Trinajstić information content (AvgIpc) is 3.23. The molecule has 3 aliphatic rings. The van der Waals surface area contributed by atoms with Gasteiger partial charge in [-0.05, 0) is 42.0 Å². The number of dihydropyridines is 1. The molecule has 0 saturated carbocycles. The van der Waals surface area contributed by atoms with Gasteiger partial charge in [0.1, 0.15) is 5.03 Å². The van der Waals surface area contributed by atoms with Gasteiger partial charge in [0.25, 0.3) is 0 Å². The van der Waals surface area contributed by atoms with E-state index in [2.05, 4.69) is 102 Å². The Morgan fingerprint density at radius 1 is 0.781 bits per heavy atom.